The topological polar surface area (TPSA) is 71.1 Å². The molecule has 2 N–H and O–H groups in total. The molecule has 0 amide bonds. The zero-order valence-corrected chi connectivity index (χ0v) is 14.4. The molecule has 0 aliphatic rings. The number of nitrogens with zero attached hydrogens (tertiary/aromatic N) is 1. The summed E-state index contributed by atoms with van der Waals surface area (Å²) in [6, 6.07) is 8.49. The van der Waals surface area contributed by atoms with Crippen LogP contribution in [0.25, 0.3) is 0 Å². The van der Waals surface area contributed by atoms with Crippen molar-refractivity contribution in [3.8, 4) is 0 Å². The summed E-state index contributed by atoms with van der Waals surface area (Å²) in [5, 5.41) is 2.77. The second kappa shape index (κ2) is 6.11. The zero-order chi connectivity index (χ0) is 14.8. The van der Waals surface area contributed by atoms with E-state index in [1.807, 2.05) is 6.07 Å². The maximum Gasteiger partial charge on any atom is 0.265 e. The second-order valence-corrected chi connectivity index (χ2v) is 7.26. The van der Waals surface area contributed by atoms with Gasteiger partial charge >= 0.3 is 0 Å². The van der Waals surface area contributed by atoms with E-state index in [2.05, 4.69) is 46.9 Å². The lowest BCUT2D eigenvalue weighted by molar-refractivity contribution is 0.601. The van der Waals surface area contributed by atoms with Gasteiger partial charge in [0.05, 0.1) is 5.69 Å². The van der Waals surface area contributed by atoms with Gasteiger partial charge in [0.2, 0.25) is 0 Å². The summed E-state index contributed by atoms with van der Waals surface area (Å²) < 4.78 is 28.7. The van der Waals surface area contributed by atoms with Gasteiger partial charge in [-0.2, -0.15) is 0 Å². The highest BCUT2D eigenvalue weighted by molar-refractivity contribution is 9.10. The molecule has 0 saturated heterocycles. The molecule has 0 saturated carbocycles. The molecule has 1 aromatic carbocycles. The Morgan fingerprint density at radius 1 is 1.20 bits per heavy atom. The van der Waals surface area contributed by atoms with Gasteiger partial charge in [0.25, 0.3) is 10.0 Å². The zero-order valence-electron chi connectivity index (χ0n) is 10.4. The Morgan fingerprint density at radius 2 is 1.90 bits per heavy atom. The highest BCUT2D eigenvalue weighted by atomic mass is 79.9. The van der Waals surface area contributed by atoms with E-state index in [-0.39, 0.29) is 10.7 Å². The molecule has 2 rings (SSSR count). The van der Waals surface area contributed by atoms with Crippen LogP contribution in [0.15, 0.2) is 50.4 Å². The number of hydrogen-bond donors (Lipinski definition) is 2. The quantitative estimate of drug-likeness (QED) is 0.794. The van der Waals surface area contributed by atoms with E-state index in [0.717, 1.165) is 0 Å². The van der Waals surface area contributed by atoms with Crippen LogP contribution in [-0.2, 0) is 10.0 Å². The molecular weight excluding hydrogens is 410 g/mol. The summed E-state index contributed by atoms with van der Waals surface area (Å²) in [5.74, 6) is 0.285. The average Bonchev–Trinajstić information content (AvgIpc) is 2.41. The lowest BCUT2D eigenvalue weighted by Crippen LogP contribution is -2.15. The number of hydrogen-bond acceptors (Lipinski definition) is 4. The third-order valence-electron chi connectivity index (χ3n) is 2.46. The maximum atomic E-state index is 12.5. The molecule has 0 aliphatic heterocycles. The number of aromatic nitrogens is 1. The van der Waals surface area contributed by atoms with Gasteiger partial charge in [0, 0.05) is 22.2 Å². The summed E-state index contributed by atoms with van der Waals surface area (Å²) in [6.45, 7) is 0. The molecule has 0 bridgehead atoms. The lowest BCUT2D eigenvalue weighted by Gasteiger charge is -2.12. The van der Waals surface area contributed by atoms with Crippen LogP contribution in [-0.4, -0.2) is 20.4 Å². The number of rotatable bonds is 4. The minimum Gasteiger partial charge on any atom is -0.372 e. The summed E-state index contributed by atoms with van der Waals surface area (Å²) in [4.78, 5) is 4.11. The molecule has 0 spiro atoms. The Balaban J connectivity index is 2.46. The second-order valence-electron chi connectivity index (χ2n) is 3.84. The minimum atomic E-state index is -3.74. The van der Waals surface area contributed by atoms with Crippen LogP contribution in [0, 0.1) is 0 Å². The molecule has 106 valence electrons. The van der Waals surface area contributed by atoms with Gasteiger partial charge in [-0.05, 0) is 50.1 Å². The smallest absolute Gasteiger partial charge is 0.265 e. The van der Waals surface area contributed by atoms with Crippen LogP contribution in [0.2, 0.25) is 0 Å². The van der Waals surface area contributed by atoms with Crippen LogP contribution in [0.3, 0.4) is 0 Å². The van der Waals surface area contributed by atoms with E-state index in [1.165, 1.54) is 12.3 Å². The Morgan fingerprint density at radius 3 is 2.55 bits per heavy atom. The number of sulfonamides is 1. The van der Waals surface area contributed by atoms with E-state index in [9.17, 15) is 8.42 Å². The van der Waals surface area contributed by atoms with Gasteiger partial charge in [-0.1, -0.05) is 12.1 Å². The molecule has 1 heterocycles. The first-order valence-electron chi connectivity index (χ1n) is 5.54. The maximum absolute atomic E-state index is 12.5. The number of halogens is 2. The molecule has 0 aliphatic carbocycles. The molecule has 20 heavy (non-hydrogen) atoms. The molecular formula is C12H11Br2N3O2S. The highest BCUT2D eigenvalue weighted by Crippen LogP contribution is 2.28. The van der Waals surface area contributed by atoms with Crippen molar-refractivity contribution in [3.63, 3.8) is 0 Å². The highest BCUT2D eigenvalue weighted by Gasteiger charge is 2.20. The van der Waals surface area contributed by atoms with Gasteiger partial charge in [-0.3, -0.25) is 4.72 Å². The summed E-state index contributed by atoms with van der Waals surface area (Å²) in [7, 11) is -2.12. The van der Waals surface area contributed by atoms with E-state index in [0.29, 0.717) is 14.6 Å². The first-order chi connectivity index (χ1) is 9.44. The summed E-state index contributed by atoms with van der Waals surface area (Å²) in [5.41, 5.74) is 0.467. The standard InChI is InChI=1S/C12H11Br2N3O2S/c1-15-12-11(6-8(13)7-16-12)20(18,19)17-10-5-3-2-4-9(10)14/h2-7,17H,1H3,(H,15,16). The van der Waals surface area contributed by atoms with E-state index >= 15 is 0 Å². The SMILES string of the molecule is CNc1ncc(Br)cc1S(=O)(=O)Nc1ccccc1Br. The number of nitrogens with one attached hydrogen (secondary N) is 2. The summed E-state index contributed by atoms with van der Waals surface area (Å²) in [6.07, 6.45) is 1.53. The van der Waals surface area contributed by atoms with E-state index < -0.39 is 10.0 Å². The number of benzene rings is 1. The Bertz CT molecular complexity index is 735. The largest absolute Gasteiger partial charge is 0.372 e. The Kier molecular flexibility index (Phi) is 4.66. The van der Waals surface area contributed by atoms with Gasteiger partial charge < -0.3 is 5.32 Å². The van der Waals surface area contributed by atoms with Crippen molar-refractivity contribution in [2.45, 2.75) is 4.90 Å². The van der Waals surface area contributed by atoms with E-state index in [1.54, 1.807) is 25.2 Å². The molecule has 0 atom stereocenters. The van der Waals surface area contributed by atoms with Crippen molar-refractivity contribution in [3.05, 3.63) is 45.5 Å². The third kappa shape index (κ3) is 3.31. The number of pyridine rings is 1. The monoisotopic (exact) mass is 419 g/mol. The van der Waals surface area contributed by atoms with Gasteiger partial charge in [-0.25, -0.2) is 13.4 Å². The van der Waals surface area contributed by atoms with Crippen LogP contribution in [0.5, 0.6) is 0 Å². The molecule has 0 radical (unpaired) electrons. The molecule has 5 nitrogen and oxygen atoms in total. The minimum absolute atomic E-state index is 0.0742. The predicted octanol–water partition coefficient (Wildman–Crippen LogP) is 3.45. The van der Waals surface area contributed by atoms with Crippen LogP contribution in [0.4, 0.5) is 11.5 Å². The summed E-state index contributed by atoms with van der Waals surface area (Å²) >= 11 is 6.53. The van der Waals surface area contributed by atoms with E-state index in [4.69, 9.17) is 0 Å². The van der Waals surface area contributed by atoms with Crippen molar-refractivity contribution < 1.29 is 8.42 Å². The molecule has 8 heteroatoms. The van der Waals surface area contributed by atoms with Crippen molar-refractivity contribution in [2.75, 3.05) is 17.1 Å². The van der Waals surface area contributed by atoms with Gasteiger partial charge in [0.1, 0.15) is 10.7 Å². The molecule has 2 aromatic rings. The first-order valence-corrected chi connectivity index (χ1v) is 8.61. The fraction of sp³-hybridized carbons (Fsp3) is 0.0833. The van der Waals surface area contributed by atoms with Gasteiger partial charge in [-0.15, -0.1) is 0 Å². The van der Waals surface area contributed by atoms with Crippen LogP contribution < -0.4 is 10.0 Å². The normalized spacial score (nSPS) is 11.2. The first kappa shape index (κ1) is 15.3. The Labute approximate surface area is 134 Å². The van der Waals surface area contributed by atoms with Crippen molar-refractivity contribution in [1.82, 2.24) is 4.98 Å². The molecule has 0 unspecified atom stereocenters. The molecule has 1 aromatic heterocycles. The fourth-order valence-corrected chi connectivity index (χ4v) is 3.82. The van der Waals surface area contributed by atoms with Crippen LogP contribution >= 0.6 is 31.9 Å². The molecule has 0 fully saturated rings. The number of anilines is 2. The predicted molar refractivity (Wildman–Crippen MR) is 86.4 cm³/mol. The fourth-order valence-electron chi connectivity index (χ4n) is 1.56. The van der Waals surface area contributed by atoms with Gasteiger partial charge in [0.15, 0.2) is 0 Å². The Hall–Kier alpha value is -1.12. The third-order valence-corrected chi connectivity index (χ3v) is 4.97. The lowest BCUT2D eigenvalue weighted by atomic mass is 10.3. The average molecular weight is 421 g/mol. The van der Waals surface area contributed by atoms with Crippen LogP contribution in [0.1, 0.15) is 0 Å². The van der Waals surface area contributed by atoms with Crippen molar-refractivity contribution >= 4 is 53.4 Å². The number of para-hydroxylation sites is 1. The van der Waals surface area contributed by atoms with Crippen molar-refractivity contribution in [1.29, 1.82) is 0 Å². The van der Waals surface area contributed by atoms with Crippen molar-refractivity contribution in [2.24, 2.45) is 0 Å².